The van der Waals surface area contributed by atoms with Crippen LogP contribution in [0.2, 0.25) is 0 Å². The highest BCUT2D eigenvalue weighted by atomic mass is 16.3. The number of amides is 2. The second-order valence-corrected chi connectivity index (χ2v) is 8.35. The summed E-state index contributed by atoms with van der Waals surface area (Å²) in [4.78, 5) is 27.0. The minimum Gasteiger partial charge on any atom is -0.394 e. The van der Waals surface area contributed by atoms with Crippen LogP contribution < -0.4 is 15.5 Å². The summed E-state index contributed by atoms with van der Waals surface area (Å²) in [5.74, 6) is -0.217. The molecular formula is C26H31N3O3. The highest BCUT2D eigenvalue weighted by molar-refractivity contribution is 5.99. The van der Waals surface area contributed by atoms with E-state index in [-0.39, 0.29) is 36.4 Å². The van der Waals surface area contributed by atoms with Crippen molar-refractivity contribution < 1.29 is 14.7 Å². The van der Waals surface area contributed by atoms with Crippen LogP contribution in [0.1, 0.15) is 25.0 Å². The van der Waals surface area contributed by atoms with Gasteiger partial charge in [0.15, 0.2) is 0 Å². The average molecular weight is 434 g/mol. The normalized spacial score (nSPS) is 19.0. The standard InChI is InChI=1S/C26H31N3O3/c1-18(2)25-26(32)28-22(17-30)16-20-15-21(13-14-23(20)29(25)3)27-24(31)12-8-7-11-19-9-5-4-6-10-19/h4-15,18,22,25,30H,16-17H2,1-3H3,(H,27,31)(H,28,32)/b11-7+,12-8-/t22-,25-/m0/s1. The summed E-state index contributed by atoms with van der Waals surface area (Å²) in [5.41, 5.74) is 3.62. The van der Waals surface area contributed by atoms with Gasteiger partial charge in [0.05, 0.1) is 12.6 Å². The Balaban J connectivity index is 1.75. The van der Waals surface area contributed by atoms with Crippen LogP contribution in [-0.4, -0.2) is 42.7 Å². The summed E-state index contributed by atoms with van der Waals surface area (Å²) in [6.07, 6.45) is 7.42. The van der Waals surface area contributed by atoms with Crippen molar-refractivity contribution in [1.82, 2.24) is 5.32 Å². The molecule has 1 aliphatic rings. The molecule has 3 N–H and O–H groups in total. The number of rotatable bonds is 6. The third kappa shape index (κ3) is 5.86. The van der Waals surface area contributed by atoms with E-state index in [1.165, 1.54) is 6.08 Å². The predicted octanol–water partition coefficient (Wildman–Crippen LogP) is 3.39. The van der Waals surface area contributed by atoms with Crippen LogP contribution in [0.4, 0.5) is 11.4 Å². The first kappa shape index (κ1) is 23.3. The van der Waals surface area contributed by atoms with Gasteiger partial charge in [-0.15, -0.1) is 0 Å². The molecule has 2 aromatic rings. The van der Waals surface area contributed by atoms with Crippen molar-refractivity contribution in [1.29, 1.82) is 0 Å². The number of nitrogens with zero attached hydrogens (tertiary/aromatic N) is 1. The van der Waals surface area contributed by atoms with Crippen LogP contribution in [-0.2, 0) is 16.0 Å². The lowest BCUT2D eigenvalue weighted by Crippen LogP contribution is -2.54. The first-order valence-corrected chi connectivity index (χ1v) is 10.9. The highest BCUT2D eigenvalue weighted by Gasteiger charge is 2.32. The molecule has 2 aromatic carbocycles. The number of aliphatic hydroxyl groups excluding tert-OH is 1. The Hall–Kier alpha value is -3.38. The number of fused-ring (bicyclic) bond motifs is 1. The number of carbonyl (C=O) groups is 2. The van der Waals surface area contributed by atoms with Crippen LogP contribution in [0.3, 0.4) is 0 Å². The fraction of sp³-hybridized carbons (Fsp3) is 0.308. The number of allylic oxidation sites excluding steroid dienone is 2. The van der Waals surface area contributed by atoms with Gasteiger partial charge in [0.25, 0.3) is 0 Å². The molecule has 0 saturated carbocycles. The summed E-state index contributed by atoms with van der Waals surface area (Å²) < 4.78 is 0. The van der Waals surface area contributed by atoms with Crippen LogP contribution in [0.5, 0.6) is 0 Å². The maximum Gasteiger partial charge on any atom is 0.248 e. The fourth-order valence-electron chi connectivity index (χ4n) is 4.02. The van der Waals surface area contributed by atoms with E-state index in [0.717, 1.165) is 16.8 Å². The first-order valence-electron chi connectivity index (χ1n) is 10.9. The number of likely N-dealkylation sites (N-methyl/N-ethyl adjacent to an activating group) is 1. The molecule has 1 heterocycles. The molecule has 0 bridgehead atoms. The van der Waals surface area contributed by atoms with E-state index in [1.54, 1.807) is 6.08 Å². The Morgan fingerprint density at radius 1 is 1.22 bits per heavy atom. The molecular weight excluding hydrogens is 402 g/mol. The lowest BCUT2D eigenvalue weighted by Gasteiger charge is -2.37. The van der Waals surface area contributed by atoms with Gasteiger partial charge in [0, 0.05) is 24.5 Å². The smallest absolute Gasteiger partial charge is 0.248 e. The van der Waals surface area contributed by atoms with Crippen molar-refractivity contribution in [2.24, 2.45) is 5.92 Å². The molecule has 3 rings (SSSR count). The van der Waals surface area contributed by atoms with Crippen LogP contribution >= 0.6 is 0 Å². The van der Waals surface area contributed by atoms with Crippen molar-refractivity contribution in [2.45, 2.75) is 32.4 Å². The van der Waals surface area contributed by atoms with Gasteiger partial charge in [-0.2, -0.15) is 0 Å². The van der Waals surface area contributed by atoms with E-state index in [0.29, 0.717) is 12.1 Å². The fourth-order valence-corrected chi connectivity index (χ4v) is 4.02. The van der Waals surface area contributed by atoms with Gasteiger partial charge in [-0.3, -0.25) is 9.59 Å². The molecule has 0 radical (unpaired) electrons. The lowest BCUT2D eigenvalue weighted by molar-refractivity contribution is -0.124. The van der Waals surface area contributed by atoms with Crippen LogP contribution in [0.25, 0.3) is 6.08 Å². The summed E-state index contributed by atoms with van der Waals surface area (Å²) in [6.45, 7) is 3.86. The molecule has 6 nitrogen and oxygen atoms in total. The monoisotopic (exact) mass is 433 g/mol. The van der Waals surface area contributed by atoms with Crippen LogP contribution in [0, 0.1) is 5.92 Å². The van der Waals surface area contributed by atoms with Crippen molar-refractivity contribution in [3.63, 3.8) is 0 Å². The van der Waals surface area contributed by atoms with Gasteiger partial charge in [-0.25, -0.2) is 0 Å². The van der Waals surface area contributed by atoms with E-state index in [1.807, 2.05) is 86.5 Å². The number of hydrogen-bond donors (Lipinski definition) is 3. The van der Waals surface area contributed by atoms with Gasteiger partial charge in [-0.1, -0.05) is 62.4 Å². The molecule has 2 amide bonds. The van der Waals surface area contributed by atoms with E-state index in [9.17, 15) is 14.7 Å². The third-order valence-electron chi connectivity index (χ3n) is 5.52. The molecule has 0 saturated heterocycles. The van der Waals surface area contributed by atoms with Crippen molar-refractivity contribution in [3.05, 3.63) is 77.9 Å². The molecule has 32 heavy (non-hydrogen) atoms. The Morgan fingerprint density at radius 2 is 1.97 bits per heavy atom. The molecule has 2 atom stereocenters. The largest absolute Gasteiger partial charge is 0.394 e. The van der Waals surface area contributed by atoms with Gasteiger partial charge in [0.2, 0.25) is 11.8 Å². The number of aliphatic hydroxyl groups is 1. The lowest BCUT2D eigenvalue weighted by atomic mass is 9.95. The molecule has 168 valence electrons. The second-order valence-electron chi connectivity index (χ2n) is 8.35. The number of anilines is 2. The topological polar surface area (TPSA) is 81.7 Å². The van der Waals surface area contributed by atoms with Gasteiger partial charge in [-0.05, 0) is 41.7 Å². The summed E-state index contributed by atoms with van der Waals surface area (Å²) in [5, 5.41) is 15.6. The van der Waals surface area contributed by atoms with E-state index >= 15 is 0 Å². The van der Waals surface area contributed by atoms with Crippen molar-refractivity contribution in [2.75, 3.05) is 23.9 Å². The van der Waals surface area contributed by atoms with Crippen LogP contribution in [0.15, 0.2) is 66.8 Å². The minimum absolute atomic E-state index is 0.0849. The zero-order valence-corrected chi connectivity index (χ0v) is 18.8. The van der Waals surface area contributed by atoms with Gasteiger partial charge < -0.3 is 20.6 Å². The molecule has 0 aliphatic carbocycles. The number of nitrogens with one attached hydrogen (secondary N) is 2. The summed E-state index contributed by atoms with van der Waals surface area (Å²) in [7, 11) is 1.91. The quantitative estimate of drug-likeness (QED) is 0.482. The maximum absolute atomic E-state index is 12.7. The Labute approximate surface area is 189 Å². The Kier molecular flexibility index (Phi) is 7.84. The third-order valence-corrected chi connectivity index (χ3v) is 5.52. The van der Waals surface area contributed by atoms with Crippen molar-refractivity contribution in [3.8, 4) is 0 Å². The molecule has 0 unspecified atom stereocenters. The number of benzene rings is 2. The molecule has 1 aliphatic heterocycles. The zero-order valence-electron chi connectivity index (χ0n) is 18.8. The summed E-state index contributed by atoms with van der Waals surface area (Å²) >= 11 is 0. The highest BCUT2D eigenvalue weighted by Crippen LogP contribution is 2.29. The molecule has 0 aromatic heterocycles. The van der Waals surface area contributed by atoms with E-state index in [4.69, 9.17) is 0 Å². The minimum atomic E-state index is -0.370. The van der Waals surface area contributed by atoms with Gasteiger partial charge in [0.1, 0.15) is 6.04 Å². The number of hydrogen-bond acceptors (Lipinski definition) is 4. The van der Waals surface area contributed by atoms with E-state index < -0.39 is 0 Å². The maximum atomic E-state index is 12.7. The first-order chi connectivity index (χ1) is 15.4. The van der Waals surface area contributed by atoms with Crippen molar-refractivity contribution >= 4 is 29.3 Å². The molecule has 6 heteroatoms. The summed E-state index contributed by atoms with van der Waals surface area (Å²) in [6, 6.07) is 14.8. The molecule has 0 fully saturated rings. The average Bonchev–Trinajstić information content (AvgIpc) is 2.76. The Morgan fingerprint density at radius 3 is 2.66 bits per heavy atom. The van der Waals surface area contributed by atoms with Gasteiger partial charge >= 0.3 is 0 Å². The predicted molar refractivity (Wildman–Crippen MR) is 129 cm³/mol. The molecule has 0 spiro atoms. The van der Waals surface area contributed by atoms with E-state index in [2.05, 4.69) is 10.6 Å². The Bertz CT molecular complexity index is 999. The SMILES string of the molecule is CC(C)[C@H]1C(=O)N[C@H](CO)Cc2cc(NC(=O)/C=C\C=C\c3ccccc3)ccc2N1C. The second kappa shape index (κ2) is 10.8. The zero-order chi connectivity index (χ0) is 23.1. The number of carbonyl (C=O) groups excluding carboxylic acids is 2.